The predicted octanol–water partition coefficient (Wildman–Crippen LogP) is 3.62. The van der Waals surface area contributed by atoms with E-state index in [0.717, 1.165) is 5.69 Å². The van der Waals surface area contributed by atoms with Crippen LogP contribution in [0.4, 0.5) is 4.39 Å². The highest BCUT2D eigenvalue weighted by Crippen LogP contribution is 2.24. The molecule has 28 heavy (non-hydrogen) atoms. The molecule has 0 amide bonds. The molecule has 0 bridgehead atoms. The Labute approximate surface area is 162 Å². The van der Waals surface area contributed by atoms with Crippen molar-refractivity contribution in [2.24, 2.45) is 0 Å². The Kier molecular flexibility index (Phi) is 4.70. The van der Waals surface area contributed by atoms with E-state index in [9.17, 15) is 14.0 Å². The van der Waals surface area contributed by atoms with Crippen molar-refractivity contribution in [1.82, 2.24) is 14.4 Å². The molecule has 6 nitrogen and oxygen atoms in total. The third-order valence-electron chi connectivity index (χ3n) is 4.09. The van der Waals surface area contributed by atoms with E-state index in [1.54, 1.807) is 29.6 Å². The van der Waals surface area contributed by atoms with E-state index in [1.807, 2.05) is 13.0 Å². The molecule has 0 spiro atoms. The normalized spacial score (nSPS) is 10.9. The first-order valence-corrected chi connectivity index (χ1v) is 9.26. The van der Waals surface area contributed by atoms with Gasteiger partial charge in [0.05, 0.1) is 5.69 Å². The van der Waals surface area contributed by atoms with Gasteiger partial charge in [-0.05, 0) is 43.3 Å². The van der Waals surface area contributed by atoms with Gasteiger partial charge in [0.15, 0.2) is 5.69 Å². The minimum Gasteiger partial charge on any atom is -0.454 e. The summed E-state index contributed by atoms with van der Waals surface area (Å²) in [5.41, 5.74) is 2.25. The fourth-order valence-corrected chi connectivity index (χ4v) is 3.54. The van der Waals surface area contributed by atoms with Gasteiger partial charge in [0.2, 0.25) is 0 Å². The number of nitrogens with zero attached hydrogens (tertiary/aromatic N) is 3. The van der Waals surface area contributed by atoms with Crippen molar-refractivity contribution >= 4 is 23.0 Å². The number of carbonyl (C=O) groups excluding carboxylic acids is 1. The Balaban J connectivity index is 1.50. The number of esters is 1. The lowest BCUT2D eigenvalue weighted by atomic mass is 10.2. The van der Waals surface area contributed by atoms with Crippen LogP contribution in [0.2, 0.25) is 0 Å². The Morgan fingerprint density at radius 2 is 1.96 bits per heavy atom. The topological polar surface area (TPSA) is 73.6 Å². The summed E-state index contributed by atoms with van der Waals surface area (Å²) < 4.78 is 19.8. The molecule has 140 valence electrons. The van der Waals surface area contributed by atoms with E-state index >= 15 is 0 Å². The molecule has 0 N–H and O–H groups in total. The molecule has 0 fully saturated rings. The predicted molar refractivity (Wildman–Crippen MR) is 103 cm³/mol. The molecule has 0 saturated heterocycles. The highest BCUT2D eigenvalue weighted by Gasteiger charge is 2.14. The highest BCUT2D eigenvalue weighted by atomic mass is 32.1. The van der Waals surface area contributed by atoms with E-state index < -0.39 is 5.97 Å². The van der Waals surface area contributed by atoms with Crippen LogP contribution in [-0.2, 0) is 11.3 Å². The second-order valence-corrected chi connectivity index (χ2v) is 6.93. The Morgan fingerprint density at radius 1 is 1.18 bits per heavy atom. The quantitative estimate of drug-likeness (QED) is 0.494. The van der Waals surface area contributed by atoms with Crippen LogP contribution in [-0.4, -0.2) is 20.3 Å². The summed E-state index contributed by atoms with van der Waals surface area (Å²) in [6.07, 6.45) is 0. The molecule has 1 aromatic carbocycles. The van der Waals surface area contributed by atoms with Crippen molar-refractivity contribution in [2.75, 3.05) is 0 Å². The maximum atomic E-state index is 13.0. The molecular formula is C20H14FN3O3S. The summed E-state index contributed by atoms with van der Waals surface area (Å²) in [6.45, 7) is 1.68. The van der Waals surface area contributed by atoms with Gasteiger partial charge in [0, 0.05) is 22.7 Å². The molecule has 3 aromatic heterocycles. The number of aryl methyl sites for hydroxylation is 1. The fourth-order valence-electron chi connectivity index (χ4n) is 2.74. The van der Waals surface area contributed by atoms with Crippen molar-refractivity contribution < 1.29 is 13.9 Å². The summed E-state index contributed by atoms with van der Waals surface area (Å²) in [4.78, 5) is 33.1. The van der Waals surface area contributed by atoms with E-state index in [0.29, 0.717) is 21.9 Å². The van der Waals surface area contributed by atoms with Gasteiger partial charge in [-0.2, -0.15) is 0 Å². The van der Waals surface area contributed by atoms with Crippen LogP contribution in [0.1, 0.15) is 21.9 Å². The molecular weight excluding hydrogens is 381 g/mol. The van der Waals surface area contributed by atoms with E-state index in [2.05, 4.69) is 9.97 Å². The van der Waals surface area contributed by atoms with Crippen molar-refractivity contribution in [2.45, 2.75) is 13.5 Å². The van der Waals surface area contributed by atoms with Crippen molar-refractivity contribution in [3.63, 3.8) is 0 Å². The highest BCUT2D eigenvalue weighted by molar-refractivity contribution is 7.13. The molecule has 0 aliphatic heterocycles. The molecule has 0 aliphatic rings. The number of carbonyl (C=O) groups is 1. The first-order valence-electron chi connectivity index (χ1n) is 8.38. The fraction of sp³-hybridized carbons (Fsp3) is 0.100. The minimum atomic E-state index is -0.615. The maximum Gasteiger partial charge on any atom is 0.358 e. The second kappa shape index (κ2) is 7.32. The lowest BCUT2D eigenvalue weighted by Gasteiger charge is -2.07. The zero-order chi connectivity index (χ0) is 19.7. The number of rotatable bonds is 4. The van der Waals surface area contributed by atoms with Gasteiger partial charge in [0.1, 0.15) is 23.1 Å². The molecule has 0 aliphatic carbocycles. The maximum absolute atomic E-state index is 13.0. The first kappa shape index (κ1) is 18.0. The largest absolute Gasteiger partial charge is 0.454 e. The minimum absolute atomic E-state index is 0.137. The van der Waals surface area contributed by atoms with E-state index in [4.69, 9.17) is 4.74 Å². The lowest BCUT2D eigenvalue weighted by molar-refractivity contribution is 0.0462. The third kappa shape index (κ3) is 3.54. The molecule has 0 radical (unpaired) electrons. The Hall–Kier alpha value is -3.39. The summed E-state index contributed by atoms with van der Waals surface area (Å²) in [5, 5.41) is 2.16. The van der Waals surface area contributed by atoms with Gasteiger partial charge in [0.25, 0.3) is 5.56 Å². The Morgan fingerprint density at radius 3 is 2.75 bits per heavy atom. The number of ether oxygens (including phenoxy) is 1. The molecule has 3 heterocycles. The number of hydrogen-bond donors (Lipinski definition) is 0. The van der Waals surface area contributed by atoms with Crippen LogP contribution >= 0.6 is 11.3 Å². The average molecular weight is 395 g/mol. The van der Waals surface area contributed by atoms with Crippen LogP contribution in [0.3, 0.4) is 0 Å². The van der Waals surface area contributed by atoms with Crippen LogP contribution in [0.25, 0.3) is 16.2 Å². The smallest absolute Gasteiger partial charge is 0.358 e. The second-order valence-electron chi connectivity index (χ2n) is 6.07. The summed E-state index contributed by atoms with van der Waals surface area (Å²) >= 11 is 1.26. The third-order valence-corrected chi connectivity index (χ3v) is 4.98. The van der Waals surface area contributed by atoms with Gasteiger partial charge in [-0.3, -0.25) is 9.20 Å². The molecule has 0 saturated carbocycles. The van der Waals surface area contributed by atoms with Gasteiger partial charge in [-0.25, -0.2) is 19.2 Å². The number of benzene rings is 1. The molecule has 4 rings (SSSR count). The van der Waals surface area contributed by atoms with Crippen LogP contribution in [0.5, 0.6) is 0 Å². The van der Waals surface area contributed by atoms with Gasteiger partial charge >= 0.3 is 5.97 Å². The number of fused-ring (bicyclic) bond motifs is 1. The van der Waals surface area contributed by atoms with Crippen molar-refractivity contribution in [1.29, 1.82) is 0 Å². The monoisotopic (exact) mass is 395 g/mol. The zero-order valence-corrected chi connectivity index (χ0v) is 15.6. The van der Waals surface area contributed by atoms with Crippen molar-refractivity contribution in [3.8, 4) is 10.6 Å². The van der Waals surface area contributed by atoms with E-state index in [1.165, 1.54) is 33.9 Å². The van der Waals surface area contributed by atoms with Gasteiger partial charge in [-0.1, -0.05) is 6.07 Å². The van der Waals surface area contributed by atoms with Crippen LogP contribution in [0.15, 0.2) is 58.7 Å². The van der Waals surface area contributed by atoms with Crippen molar-refractivity contribution in [3.05, 3.63) is 87.2 Å². The number of halogens is 1. The average Bonchev–Trinajstić information content (AvgIpc) is 3.17. The van der Waals surface area contributed by atoms with Gasteiger partial charge in [-0.15, -0.1) is 11.3 Å². The summed E-state index contributed by atoms with van der Waals surface area (Å²) in [6, 6.07) is 12.5. The first-order chi connectivity index (χ1) is 13.5. The van der Waals surface area contributed by atoms with E-state index in [-0.39, 0.29) is 23.7 Å². The SMILES string of the molecule is Cc1cccc2nc(COC(=O)c3csc(-c4ccc(F)cc4)n3)cc(=O)n12. The molecule has 0 unspecified atom stereocenters. The van der Waals surface area contributed by atoms with Crippen LogP contribution < -0.4 is 5.56 Å². The number of thiazole rings is 1. The molecule has 0 atom stereocenters. The number of hydrogen-bond acceptors (Lipinski definition) is 6. The number of aromatic nitrogens is 3. The molecule has 8 heteroatoms. The summed E-state index contributed by atoms with van der Waals surface area (Å²) in [7, 11) is 0. The summed E-state index contributed by atoms with van der Waals surface area (Å²) in [5.74, 6) is -0.954. The molecule has 4 aromatic rings. The van der Waals surface area contributed by atoms with Gasteiger partial charge < -0.3 is 4.74 Å². The lowest BCUT2D eigenvalue weighted by Crippen LogP contribution is -2.18. The standard InChI is InChI=1S/C20H14FN3O3S/c1-12-3-2-4-17-22-15(9-18(25)24(12)17)10-27-20(26)16-11-28-19(23-16)13-5-7-14(21)8-6-13/h2-9,11H,10H2,1H3. The zero-order valence-electron chi connectivity index (χ0n) is 14.8. The Bertz CT molecular complexity index is 1230. The van der Waals surface area contributed by atoms with Crippen LogP contribution in [0, 0.1) is 12.7 Å². The number of pyridine rings is 1.